The minimum Gasteiger partial charge on any atom is -0.395 e. The molecule has 0 aliphatic heterocycles. The van der Waals surface area contributed by atoms with Crippen LogP contribution in [-0.4, -0.2) is 34.0 Å². The summed E-state index contributed by atoms with van der Waals surface area (Å²) in [5.41, 5.74) is 1.91. The van der Waals surface area contributed by atoms with Gasteiger partial charge in [-0.25, -0.2) is 0 Å². The van der Waals surface area contributed by atoms with Crippen LogP contribution in [-0.2, 0) is 11.3 Å². The van der Waals surface area contributed by atoms with E-state index in [0.29, 0.717) is 13.1 Å². The van der Waals surface area contributed by atoms with E-state index in [1.165, 1.54) is 6.08 Å². The van der Waals surface area contributed by atoms with Gasteiger partial charge in [0.15, 0.2) is 0 Å². The topological polar surface area (TPSA) is 53.4 Å². The van der Waals surface area contributed by atoms with Crippen molar-refractivity contribution >= 4 is 12.0 Å². The smallest absolute Gasteiger partial charge is 0.246 e. The molecule has 0 atom stereocenters. The van der Waals surface area contributed by atoms with Crippen molar-refractivity contribution in [2.45, 2.75) is 6.54 Å². The maximum Gasteiger partial charge on any atom is 0.246 e. The van der Waals surface area contributed by atoms with Gasteiger partial charge in [-0.3, -0.25) is 9.78 Å². The normalized spacial score (nSPS) is 10.7. The number of pyridine rings is 1. The lowest BCUT2D eigenvalue weighted by atomic mass is 10.2. The SMILES string of the molecule is O=C(/C=C/c1cccnc1)N(CCO)Cc1ccccc1. The number of amides is 1. The van der Waals surface area contributed by atoms with E-state index in [1.807, 2.05) is 42.5 Å². The molecule has 1 aromatic carbocycles. The van der Waals surface area contributed by atoms with Crippen LogP contribution < -0.4 is 0 Å². The summed E-state index contributed by atoms with van der Waals surface area (Å²) in [4.78, 5) is 17.8. The van der Waals surface area contributed by atoms with Gasteiger partial charge < -0.3 is 10.0 Å². The Balaban J connectivity index is 2.03. The molecule has 108 valence electrons. The Morgan fingerprint density at radius 2 is 2.00 bits per heavy atom. The fraction of sp³-hybridized carbons (Fsp3) is 0.176. The average molecular weight is 282 g/mol. The van der Waals surface area contributed by atoms with Gasteiger partial charge in [0.25, 0.3) is 0 Å². The monoisotopic (exact) mass is 282 g/mol. The van der Waals surface area contributed by atoms with Crippen LogP contribution in [0.5, 0.6) is 0 Å². The zero-order chi connectivity index (χ0) is 14.9. The van der Waals surface area contributed by atoms with E-state index >= 15 is 0 Å². The van der Waals surface area contributed by atoms with Gasteiger partial charge in [-0.2, -0.15) is 0 Å². The molecule has 0 spiro atoms. The van der Waals surface area contributed by atoms with E-state index in [4.69, 9.17) is 5.11 Å². The summed E-state index contributed by atoms with van der Waals surface area (Å²) in [6.07, 6.45) is 6.62. The van der Waals surface area contributed by atoms with Crippen molar-refractivity contribution in [3.63, 3.8) is 0 Å². The fourth-order valence-corrected chi connectivity index (χ4v) is 1.94. The molecule has 1 heterocycles. The van der Waals surface area contributed by atoms with Crippen LogP contribution in [0.15, 0.2) is 60.9 Å². The van der Waals surface area contributed by atoms with Crippen LogP contribution in [0.4, 0.5) is 0 Å². The van der Waals surface area contributed by atoms with E-state index < -0.39 is 0 Å². The molecule has 0 saturated heterocycles. The van der Waals surface area contributed by atoms with Crippen LogP contribution in [0.2, 0.25) is 0 Å². The predicted octanol–water partition coefficient (Wildman–Crippen LogP) is 2.12. The molecule has 1 N–H and O–H groups in total. The van der Waals surface area contributed by atoms with Gasteiger partial charge in [0.1, 0.15) is 0 Å². The van der Waals surface area contributed by atoms with E-state index in [1.54, 1.807) is 23.4 Å². The fourth-order valence-electron chi connectivity index (χ4n) is 1.94. The third kappa shape index (κ3) is 4.85. The summed E-state index contributed by atoms with van der Waals surface area (Å²) in [6, 6.07) is 13.4. The lowest BCUT2D eigenvalue weighted by Gasteiger charge is -2.20. The van der Waals surface area contributed by atoms with Crippen LogP contribution >= 0.6 is 0 Å². The van der Waals surface area contributed by atoms with Crippen molar-refractivity contribution in [3.05, 3.63) is 72.1 Å². The Bertz CT molecular complexity index is 582. The average Bonchev–Trinajstić information content (AvgIpc) is 2.54. The molecule has 0 unspecified atom stereocenters. The summed E-state index contributed by atoms with van der Waals surface area (Å²) in [5.74, 6) is -0.128. The highest BCUT2D eigenvalue weighted by Gasteiger charge is 2.10. The lowest BCUT2D eigenvalue weighted by Crippen LogP contribution is -2.31. The minimum absolute atomic E-state index is 0.0562. The number of benzene rings is 1. The molecule has 0 bridgehead atoms. The summed E-state index contributed by atoms with van der Waals surface area (Å²) in [7, 11) is 0. The van der Waals surface area contributed by atoms with E-state index in [-0.39, 0.29) is 12.5 Å². The van der Waals surface area contributed by atoms with Gasteiger partial charge in [-0.05, 0) is 23.3 Å². The highest BCUT2D eigenvalue weighted by Crippen LogP contribution is 2.06. The summed E-state index contributed by atoms with van der Waals surface area (Å²) >= 11 is 0. The second-order valence-electron chi connectivity index (χ2n) is 4.59. The van der Waals surface area contributed by atoms with Gasteiger partial charge >= 0.3 is 0 Å². The predicted molar refractivity (Wildman–Crippen MR) is 82.2 cm³/mol. The second kappa shape index (κ2) is 7.97. The molecule has 4 heteroatoms. The van der Waals surface area contributed by atoms with E-state index in [2.05, 4.69) is 4.98 Å². The largest absolute Gasteiger partial charge is 0.395 e. The third-order valence-electron chi connectivity index (χ3n) is 3.00. The maximum absolute atomic E-state index is 12.2. The quantitative estimate of drug-likeness (QED) is 0.826. The molecule has 0 saturated carbocycles. The molecule has 21 heavy (non-hydrogen) atoms. The van der Waals surface area contributed by atoms with Crippen molar-refractivity contribution in [2.24, 2.45) is 0 Å². The Morgan fingerprint density at radius 3 is 2.67 bits per heavy atom. The third-order valence-corrected chi connectivity index (χ3v) is 3.00. The molecule has 0 aliphatic carbocycles. The van der Waals surface area contributed by atoms with Crippen LogP contribution in [0.3, 0.4) is 0 Å². The molecular formula is C17H18N2O2. The number of hydrogen-bond acceptors (Lipinski definition) is 3. The first-order chi connectivity index (χ1) is 10.3. The summed E-state index contributed by atoms with van der Waals surface area (Å²) in [6.45, 7) is 0.738. The molecular weight excluding hydrogens is 264 g/mol. The van der Waals surface area contributed by atoms with Crippen molar-refractivity contribution in [2.75, 3.05) is 13.2 Å². The van der Waals surface area contributed by atoms with Crippen molar-refractivity contribution in [1.82, 2.24) is 9.88 Å². The van der Waals surface area contributed by atoms with Gasteiger partial charge in [0.05, 0.1) is 6.61 Å². The Hall–Kier alpha value is -2.46. The van der Waals surface area contributed by atoms with Crippen LogP contribution in [0.1, 0.15) is 11.1 Å². The first kappa shape index (κ1) is 14.9. The molecule has 2 rings (SSSR count). The van der Waals surface area contributed by atoms with Crippen molar-refractivity contribution < 1.29 is 9.90 Å². The first-order valence-corrected chi connectivity index (χ1v) is 6.81. The number of carbonyl (C=O) groups is 1. The van der Waals surface area contributed by atoms with Crippen LogP contribution in [0, 0.1) is 0 Å². The van der Waals surface area contributed by atoms with Crippen molar-refractivity contribution in [3.8, 4) is 0 Å². The van der Waals surface area contributed by atoms with Gasteiger partial charge in [0, 0.05) is 31.6 Å². The molecule has 1 aromatic heterocycles. The maximum atomic E-state index is 12.2. The summed E-state index contributed by atoms with van der Waals surface area (Å²) in [5, 5.41) is 9.12. The van der Waals surface area contributed by atoms with E-state index in [9.17, 15) is 4.79 Å². The lowest BCUT2D eigenvalue weighted by molar-refractivity contribution is -0.127. The molecule has 0 aliphatic rings. The minimum atomic E-state index is -0.128. The number of aliphatic hydroxyl groups is 1. The van der Waals surface area contributed by atoms with Gasteiger partial charge in [-0.1, -0.05) is 36.4 Å². The standard InChI is InChI=1S/C17H18N2O2/c20-12-11-19(14-16-5-2-1-3-6-16)17(21)9-8-15-7-4-10-18-13-15/h1-10,13,20H,11-12,14H2/b9-8+. The first-order valence-electron chi connectivity index (χ1n) is 6.81. The zero-order valence-electron chi connectivity index (χ0n) is 11.7. The Kier molecular flexibility index (Phi) is 5.67. The van der Waals surface area contributed by atoms with Crippen LogP contribution in [0.25, 0.3) is 6.08 Å². The van der Waals surface area contributed by atoms with Gasteiger partial charge in [0.2, 0.25) is 5.91 Å². The van der Waals surface area contributed by atoms with E-state index in [0.717, 1.165) is 11.1 Å². The molecule has 0 fully saturated rings. The number of aromatic nitrogens is 1. The highest BCUT2D eigenvalue weighted by molar-refractivity contribution is 5.91. The Labute approximate surface area is 124 Å². The Morgan fingerprint density at radius 1 is 1.19 bits per heavy atom. The number of aliphatic hydroxyl groups excluding tert-OH is 1. The van der Waals surface area contributed by atoms with Gasteiger partial charge in [-0.15, -0.1) is 0 Å². The number of hydrogen-bond donors (Lipinski definition) is 1. The number of carbonyl (C=O) groups excluding carboxylic acids is 1. The molecule has 0 radical (unpaired) electrons. The summed E-state index contributed by atoms with van der Waals surface area (Å²) < 4.78 is 0. The number of rotatable bonds is 6. The second-order valence-corrected chi connectivity index (χ2v) is 4.59. The molecule has 2 aromatic rings. The molecule has 1 amide bonds. The highest BCUT2D eigenvalue weighted by atomic mass is 16.3. The number of nitrogens with zero attached hydrogens (tertiary/aromatic N) is 2. The zero-order valence-corrected chi connectivity index (χ0v) is 11.7. The van der Waals surface area contributed by atoms with Crippen molar-refractivity contribution in [1.29, 1.82) is 0 Å². The molecule has 4 nitrogen and oxygen atoms in total.